The summed E-state index contributed by atoms with van der Waals surface area (Å²) in [6, 6.07) is 27.7. The van der Waals surface area contributed by atoms with Crippen molar-refractivity contribution in [2.75, 3.05) is 13.1 Å². The van der Waals surface area contributed by atoms with Gasteiger partial charge in [-0.1, -0.05) is 72.8 Å². The lowest BCUT2D eigenvalue weighted by atomic mass is 9.85. The van der Waals surface area contributed by atoms with Crippen LogP contribution in [0.25, 0.3) is 0 Å². The van der Waals surface area contributed by atoms with Crippen LogP contribution < -0.4 is 0 Å². The van der Waals surface area contributed by atoms with E-state index in [0.717, 1.165) is 18.7 Å². The average molecular weight is 352 g/mol. The van der Waals surface area contributed by atoms with Crippen molar-refractivity contribution in [3.05, 3.63) is 107 Å². The summed E-state index contributed by atoms with van der Waals surface area (Å²) < 4.78 is 13.2. The fourth-order valence-corrected chi connectivity index (χ4v) is 4.03. The summed E-state index contributed by atoms with van der Waals surface area (Å²) in [5.74, 6) is -0.230. The Bertz CT molecular complexity index is 787. The van der Waals surface area contributed by atoms with Gasteiger partial charge in [0.25, 0.3) is 0 Å². The maximum absolute atomic E-state index is 13.2. The number of hydrogen-bond donors (Lipinski definition) is 0. The quantitative estimate of drug-likeness (QED) is 0.571. The molecule has 0 saturated carbocycles. The normalized spacial score (nSPS) is 16.6. The van der Waals surface area contributed by atoms with Crippen molar-refractivity contribution in [2.24, 2.45) is 0 Å². The van der Waals surface area contributed by atoms with Crippen molar-refractivity contribution in [3.63, 3.8) is 0 Å². The van der Waals surface area contributed by atoms with Gasteiger partial charge in [0.05, 0.1) is 10.9 Å². The van der Waals surface area contributed by atoms with Crippen LogP contribution in [-0.2, 0) is 4.87 Å². The van der Waals surface area contributed by atoms with Crippen LogP contribution in [0.5, 0.6) is 0 Å². The van der Waals surface area contributed by atoms with Crippen molar-refractivity contribution in [1.82, 2.24) is 4.90 Å². The first-order chi connectivity index (χ1) is 12.2. The second-order valence-corrected chi connectivity index (χ2v) is 7.32. The van der Waals surface area contributed by atoms with Gasteiger partial charge in [-0.05, 0) is 28.8 Å². The summed E-state index contributed by atoms with van der Waals surface area (Å²) in [5, 5.41) is 0. The Morgan fingerprint density at radius 2 is 1.24 bits per heavy atom. The van der Waals surface area contributed by atoms with Crippen molar-refractivity contribution >= 4 is 11.6 Å². The zero-order chi connectivity index (χ0) is 17.3. The summed E-state index contributed by atoms with van der Waals surface area (Å²) in [6.45, 7) is 1.46. The van der Waals surface area contributed by atoms with E-state index in [0.29, 0.717) is 0 Å². The summed E-state index contributed by atoms with van der Waals surface area (Å²) >= 11 is 6.83. The Balaban J connectivity index is 1.61. The second kappa shape index (κ2) is 6.62. The molecule has 0 aliphatic carbocycles. The van der Waals surface area contributed by atoms with Gasteiger partial charge in [-0.15, -0.1) is 11.6 Å². The van der Waals surface area contributed by atoms with Crippen LogP contribution in [0.15, 0.2) is 84.9 Å². The first-order valence-electron chi connectivity index (χ1n) is 8.45. The Kier molecular flexibility index (Phi) is 4.32. The van der Waals surface area contributed by atoms with Crippen LogP contribution in [0.1, 0.15) is 22.7 Å². The number of nitrogens with zero attached hydrogens (tertiary/aromatic N) is 1. The van der Waals surface area contributed by atoms with Gasteiger partial charge in [-0.25, -0.2) is 4.39 Å². The van der Waals surface area contributed by atoms with E-state index < -0.39 is 4.87 Å². The van der Waals surface area contributed by atoms with Crippen molar-refractivity contribution < 1.29 is 4.39 Å². The third kappa shape index (κ3) is 3.20. The molecule has 4 rings (SSSR count). The molecule has 3 aromatic rings. The van der Waals surface area contributed by atoms with E-state index in [1.165, 1.54) is 23.3 Å². The molecule has 1 fully saturated rings. The monoisotopic (exact) mass is 351 g/mol. The van der Waals surface area contributed by atoms with Crippen LogP contribution in [0.2, 0.25) is 0 Å². The van der Waals surface area contributed by atoms with Gasteiger partial charge in [0.2, 0.25) is 0 Å². The maximum Gasteiger partial charge on any atom is 0.123 e. The molecule has 0 aromatic heterocycles. The second-order valence-electron chi connectivity index (χ2n) is 6.60. The molecule has 25 heavy (non-hydrogen) atoms. The standard InChI is InChI=1S/C22H19ClFN/c23-22(19-11-13-20(24)14-12-19)15-25(16-22)21(17-7-3-1-4-8-17)18-9-5-2-6-10-18/h1-14,21H,15-16H2. The van der Waals surface area contributed by atoms with Crippen molar-refractivity contribution in [3.8, 4) is 0 Å². The van der Waals surface area contributed by atoms with E-state index in [1.54, 1.807) is 12.1 Å². The number of hydrogen-bond acceptors (Lipinski definition) is 1. The molecule has 0 unspecified atom stereocenters. The minimum Gasteiger partial charge on any atom is -0.288 e. The maximum atomic E-state index is 13.2. The van der Waals surface area contributed by atoms with E-state index in [9.17, 15) is 4.39 Å². The molecule has 0 N–H and O–H groups in total. The van der Waals surface area contributed by atoms with Gasteiger partial charge in [-0.2, -0.15) is 0 Å². The SMILES string of the molecule is Fc1ccc(C2(Cl)CN(C(c3ccccc3)c3ccccc3)C2)cc1. The summed E-state index contributed by atoms with van der Waals surface area (Å²) in [7, 11) is 0. The fraction of sp³-hybridized carbons (Fsp3) is 0.182. The van der Waals surface area contributed by atoms with Crippen LogP contribution in [0.4, 0.5) is 4.39 Å². The highest BCUT2D eigenvalue weighted by atomic mass is 35.5. The van der Waals surface area contributed by atoms with Crippen LogP contribution in [-0.4, -0.2) is 18.0 Å². The molecular formula is C22H19ClFN. The lowest BCUT2D eigenvalue weighted by Gasteiger charge is -2.50. The molecule has 1 nitrogen and oxygen atoms in total. The first kappa shape index (κ1) is 16.3. The van der Waals surface area contributed by atoms with Gasteiger partial charge in [0, 0.05) is 13.1 Å². The lowest BCUT2D eigenvalue weighted by Crippen LogP contribution is -2.57. The Labute approximate surface area is 152 Å². The summed E-state index contributed by atoms with van der Waals surface area (Å²) in [6.07, 6.45) is 0. The molecule has 1 heterocycles. The lowest BCUT2D eigenvalue weighted by molar-refractivity contribution is 0.0868. The summed E-state index contributed by atoms with van der Waals surface area (Å²) in [5.41, 5.74) is 3.49. The van der Waals surface area contributed by atoms with Gasteiger partial charge >= 0.3 is 0 Å². The van der Waals surface area contributed by atoms with Crippen LogP contribution in [0, 0.1) is 5.82 Å². The highest BCUT2D eigenvalue weighted by molar-refractivity contribution is 6.25. The average Bonchev–Trinajstić information content (AvgIpc) is 2.63. The van der Waals surface area contributed by atoms with E-state index in [2.05, 4.69) is 53.4 Å². The predicted octanol–water partition coefficient (Wildman–Crippen LogP) is 5.37. The number of rotatable bonds is 4. The molecular weight excluding hydrogens is 333 g/mol. The fourth-order valence-electron chi connectivity index (χ4n) is 3.60. The van der Waals surface area contributed by atoms with Crippen LogP contribution >= 0.6 is 11.6 Å². The molecule has 1 aliphatic rings. The van der Waals surface area contributed by atoms with E-state index in [4.69, 9.17) is 11.6 Å². The Hall–Kier alpha value is -2.16. The zero-order valence-electron chi connectivity index (χ0n) is 13.8. The van der Waals surface area contributed by atoms with Gasteiger partial charge < -0.3 is 0 Å². The third-order valence-corrected chi connectivity index (χ3v) is 5.32. The topological polar surface area (TPSA) is 3.24 Å². The van der Waals surface area contributed by atoms with Crippen molar-refractivity contribution in [1.29, 1.82) is 0 Å². The van der Waals surface area contributed by atoms with Gasteiger partial charge in [0.1, 0.15) is 5.82 Å². The molecule has 1 aliphatic heterocycles. The predicted molar refractivity (Wildman–Crippen MR) is 100 cm³/mol. The molecule has 0 atom stereocenters. The highest BCUT2D eigenvalue weighted by Crippen LogP contribution is 2.44. The molecule has 126 valence electrons. The first-order valence-corrected chi connectivity index (χ1v) is 8.82. The molecule has 3 aromatic carbocycles. The molecule has 0 spiro atoms. The number of alkyl halides is 1. The van der Waals surface area contributed by atoms with E-state index in [-0.39, 0.29) is 11.9 Å². The van der Waals surface area contributed by atoms with Crippen molar-refractivity contribution in [2.45, 2.75) is 10.9 Å². The Morgan fingerprint density at radius 1 is 0.760 bits per heavy atom. The molecule has 0 bridgehead atoms. The number of halogens is 2. The van der Waals surface area contributed by atoms with Gasteiger partial charge in [0.15, 0.2) is 0 Å². The molecule has 0 amide bonds. The van der Waals surface area contributed by atoms with Crippen LogP contribution in [0.3, 0.4) is 0 Å². The third-order valence-electron chi connectivity index (χ3n) is 4.86. The number of likely N-dealkylation sites (tertiary alicyclic amines) is 1. The molecule has 0 radical (unpaired) electrons. The highest BCUT2D eigenvalue weighted by Gasteiger charge is 2.46. The molecule has 3 heteroatoms. The largest absolute Gasteiger partial charge is 0.288 e. The summed E-state index contributed by atoms with van der Waals surface area (Å²) in [4.78, 5) is 1.93. The number of benzene rings is 3. The van der Waals surface area contributed by atoms with E-state index >= 15 is 0 Å². The van der Waals surface area contributed by atoms with Gasteiger partial charge in [-0.3, -0.25) is 4.90 Å². The minimum atomic E-state index is -0.449. The Morgan fingerprint density at radius 3 is 1.72 bits per heavy atom. The van der Waals surface area contributed by atoms with E-state index in [1.807, 2.05) is 12.1 Å². The molecule has 1 saturated heterocycles. The zero-order valence-corrected chi connectivity index (χ0v) is 14.5. The minimum absolute atomic E-state index is 0.176. The smallest absolute Gasteiger partial charge is 0.123 e.